The van der Waals surface area contributed by atoms with Crippen LogP contribution in [0, 0.1) is 0 Å². The van der Waals surface area contributed by atoms with Crippen molar-refractivity contribution in [3.05, 3.63) is 11.1 Å². The van der Waals surface area contributed by atoms with E-state index in [1.807, 2.05) is 0 Å². The summed E-state index contributed by atoms with van der Waals surface area (Å²) in [5, 5.41) is 7.84. The molecule has 1 N–H and O–H groups in total. The Morgan fingerprint density at radius 1 is 1.71 bits per heavy atom. The number of hydrogen-bond acceptors (Lipinski definition) is 1. The molecule has 2 nitrogen and oxygen atoms in total. The minimum absolute atomic E-state index is 0. The van der Waals surface area contributed by atoms with E-state index in [1.54, 1.807) is 0 Å². The molecule has 0 aromatic carbocycles. The van der Waals surface area contributed by atoms with E-state index in [-0.39, 0.29) is 16.9 Å². The Balaban J connectivity index is 0. The van der Waals surface area contributed by atoms with Crippen molar-refractivity contribution < 1.29 is 9.90 Å². The molecule has 0 fully saturated rings. The lowest BCUT2D eigenvalue weighted by Crippen LogP contribution is -1.89. The van der Waals surface area contributed by atoms with Gasteiger partial charge in [-0.1, -0.05) is 6.58 Å². The van der Waals surface area contributed by atoms with Gasteiger partial charge in [0.25, 0.3) is 0 Å². The van der Waals surface area contributed by atoms with E-state index in [0.29, 0.717) is 0 Å². The third kappa shape index (κ3) is 5.98. The van der Waals surface area contributed by atoms with Crippen LogP contribution in [0.4, 0.5) is 0 Å². The standard InChI is InChI=1S/C3H3BrO2.ClH/c1-2(4)3(5)6;/h1H2,(H,5,6);1H. The van der Waals surface area contributed by atoms with Gasteiger partial charge in [-0.15, -0.1) is 12.4 Å². The summed E-state index contributed by atoms with van der Waals surface area (Å²) < 4.78 is -0.0116. The summed E-state index contributed by atoms with van der Waals surface area (Å²) in [5.41, 5.74) is 0. The maximum atomic E-state index is 9.55. The number of aliphatic carboxylic acids is 1. The van der Waals surface area contributed by atoms with E-state index in [4.69, 9.17) is 5.11 Å². The minimum atomic E-state index is -1.02. The third-order valence-corrected chi connectivity index (χ3v) is 0.571. The molecule has 0 saturated heterocycles. The van der Waals surface area contributed by atoms with Crippen LogP contribution in [0.3, 0.4) is 0 Å². The van der Waals surface area contributed by atoms with Gasteiger partial charge in [-0.05, 0) is 15.9 Å². The van der Waals surface area contributed by atoms with Gasteiger partial charge in [0.1, 0.15) is 0 Å². The first-order valence-corrected chi connectivity index (χ1v) is 2.01. The van der Waals surface area contributed by atoms with Gasteiger partial charge in [0, 0.05) is 0 Å². The van der Waals surface area contributed by atoms with Crippen LogP contribution in [0.15, 0.2) is 11.1 Å². The molecule has 0 atom stereocenters. The highest BCUT2D eigenvalue weighted by molar-refractivity contribution is 9.12. The molecule has 7 heavy (non-hydrogen) atoms. The summed E-state index contributed by atoms with van der Waals surface area (Å²) in [4.78, 5) is 9.55. The molecule has 0 spiro atoms. The highest BCUT2D eigenvalue weighted by atomic mass is 79.9. The number of halogens is 2. The second-order valence-corrected chi connectivity index (χ2v) is 1.67. The number of hydrogen-bond donors (Lipinski definition) is 1. The first-order valence-electron chi connectivity index (χ1n) is 1.22. The van der Waals surface area contributed by atoms with Crippen LogP contribution in [-0.2, 0) is 4.79 Å². The summed E-state index contributed by atoms with van der Waals surface area (Å²) in [6, 6.07) is 0. The van der Waals surface area contributed by atoms with E-state index >= 15 is 0 Å². The van der Waals surface area contributed by atoms with Crippen molar-refractivity contribution in [2.45, 2.75) is 0 Å². The molecule has 0 bridgehead atoms. The van der Waals surface area contributed by atoms with Gasteiger partial charge >= 0.3 is 5.97 Å². The Hall–Kier alpha value is -0.0200. The smallest absolute Gasteiger partial charge is 0.342 e. The Kier molecular flexibility index (Phi) is 5.96. The fourth-order valence-corrected chi connectivity index (χ4v) is 0. The molecule has 0 aliphatic carbocycles. The van der Waals surface area contributed by atoms with Crippen LogP contribution in [0.1, 0.15) is 0 Å². The van der Waals surface area contributed by atoms with Crippen LogP contribution >= 0.6 is 28.3 Å². The van der Waals surface area contributed by atoms with Crippen LogP contribution in [0.2, 0.25) is 0 Å². The lowest BCUT2D eigenvalue weighted by Gasteiger charge is -1.77. The second kappa shape index (κ2) is 4.15. The molecule has 0 amide bonds. The summed E-state index contributed by atoms with van der Waals surface area (Å²) in [6.45, 7) is 3.07. The Morgan fingerprint density at radius 3 is 1.86 bits per heavy atom. The summed E-state index contributed by atoms with van der Waals surface area (Å²) in [6.07, 6.45) is 0. The van der Waals surface area contributed by atoms with Gasteiger partial charge in [-0.3, -0.25) is 0 Å². The lowest BCUT2D eigenvalue weighted by atomic mass is 10.7. The molecule has 0 aliphatic rings. The van der Waals surface area contributed by atoms with E-state index in [0.717, 1.165) is 0 Å². The number of carboxylic acid groups (broad SMARTS) is 1. The monoisotopic (exact) mass is 186 g/mol. The molecule has 42 valence electrons. The number of rotatable bonds is 1. The van der Waals surface area contributed by atoms with Crippen molar-refractivity contribution in [1.82, 2.24) is 0 Å². The Morgan fingerprint density at radius 2 is 1.86 bits per heavy atom. The molecular weight excluding hydrogens is 183 g/mol. The molecule has 0 aromatic rings. The lowest BCUT2D eigenvalue weighted by molar-refractivity contribution is -0.131. The van der Waals surface area contributed by atoms with Gasteiger partial charge < -0.3 is 5.11 Å². The molecule has 4 heteroatoms. The predicted molar refractivity (Wildman–Crippen MR) is 33.0 cm³/mol. The van der Waals surface area contributed by atoms with Gasteiger partial charge in [0.2, 0.25) is 0 Å². The molecule has 0 rings (SSSR count). The first-order chi connectivity index (χ1) is 2.64. The molecule has 0 aliphatic heterocycles. The second-order valence-electron chi connectivity index (χ2n) is 0.710. The zero-order chi connectivity index (χ0) is 5.15. The highest BCUT2D eigenvalue weighted by Crippen LogP contribution is 1.97. The normalized spacial score (nSPS) is 6.43. The van der Waals surface area contributed by atoms with Crippen LogP contribution in [0.5, 0.6) is 0 Å². The maximum Gasteiger partial charge on any atom is 0.342 e. The zero-order valence-corrected chi connectivity index (χ0v) is 5.75. The largest absolute Gasteiger partial charge is 0.477 e. The fraction of sp³-hybridized carbons (Fsp3) is 0. The topological polar surface area (TPSA) is 37.3 Å². The predicted octanol–water partition coefficient (Wildman–Crippen LogP) is 1.40. The quantitative estimate of drug-likeness (QED) is 0.630. The van der Waals surface area contributed by atoms with Crippen molar-refractivity contribution in [2.75, 3.05) is 0 Å². The van der Waals surface area contributed by atoms with Crippen molar-refractivity contribution >= 4 is 34.3 Å². The zero-order valence-electron chi connectivity index (χ0n) is 3.35. The third-order valence-electron chi connectivity index (χ3n) is 0.232. The van der Waals surface area contributed by atoms with Crippen molar-refractivity contribution in [2.24, 2.45) is 0 Å². The average Bonchev–Trinajstić information content (AvgIpc) is 1.36. The van der Waals surface area contributed by atoms with Crippen molar-refractivity contribution in [1.29, 1.82) is 0 Å². The highest BCUT2D eigenvalue weighted by Gasteiger charge is 1.93. The van der Waals surface area contributed by atoms with E-state index in [2.05, 4.69) is 22.5 Å². The molecule has 0 unspecified atom stereocenters. The van der Waals surface area contributed by atoms with Crippen LogP contribution in [0.25, 0.3) is 0 Å². The molecule has 0 radical (unpaired) electrons. The Labute approximate surface area is 55.8 Å². The van der Waals surface area contributed by atoms with Crippen LogP contribution < -0.4 is 0 Å². The van der Waals surface area contributed by atoms with E-state index < -0.39 is 5.97 Å². The molecule has 0 heterocycles. The molecular formula is C3H4BrClO2. The molecule has 0 aromatic heterocycles. The number of carbonyl (C=O) groups is 1. The summed E-state index contributed by atoms with van der Waals surface area (Å²) >= 11 is 2.64. The SMILES string of the molecule is C=C(Br)C(=O)O.Cl. The summed E-state index contributed by atoms with van der Waals surface area (Å²) in [5.74, 6) is -1.02. The minimum Gasteiger partial charge on any atom is -0.477 e. The summed E-state index contributed by atoms with van der Waals surface area (Å²) in [7, 11) is 0. The first kappa shape index (κ1) is 10.1. The number of carboxylic acids is 1. The van der Waals surface area contributed by atoms with Gasteiger partial charge in [-0.2, -0.15) is 0 Å². The van der Waals surface area contributed by atoms with Crippen molar-refractivity contribution in [3.63, 3.8) is 0 Å². The fourth-order valence-electron chi connectivity index (χ4n) is 0. The van der Waals surface area contributed by atoms with Crippen LogP contribution in [-0.4, -0.2) is 11.1 Å². The van der Waals surface area contributed by atoms with E-state index in [1.165, 1.54) is 0 Å². The van der Waals surface area contributed by atoms with Gasteiger partial charge in [0.05, 0.1) is 4.48 Å². The van der Waals surface area contributed by atoms with Gasteiger partial charge in [0.15, 0.2) is 0 Å². The average molecular weight is 187 g/mol. The van der Waals surface area contributed by atoms with Gasteiger partial charge in [-0.25, -0.2) is 4.79 Å². The van der Waals surface area contributed by atoms with Crippen molar-refractivity contribution in [3.8, 4) is 0 Å². The Bertz CT molecular complexity index is 78.9. The maximum absolute atomic E-state index is 9.55. The van der Waals surface area contributed by atoms with E-state index in [9.17, 15) is 4.79 Å². The molecule has 0 saturated carbocycles.